The smallest absolute Gasteiger partial charge is 0.412 e. The van der Waals surface area contributed by atoms with Crippen molar-refractivity contribution in [1.82, 2.24) is 10.2 Å². The minimum Gasteiger partial charge on any atom is -0.468 e. The molecule has 1 aliphatic rings. The van der Waals surface area contributed by atoms with Gasteiger partial charge < -0.3 is 9.73 Å². The van der Waals surface area contributed by atoms with Gasteiger partial charge in [-0.1, -0.05) is 13.0 Å². The fourth-order valence-corrected chi connectivity index (χ4v) is 2.24. The van der Waals surface area contributed by atoms with Crippen LogP contribution in [0, 0.1) is 0 Å². The lowest BCUT2D eigenvalue weighted by atomic mass is 10.1. The van der Waals surface area contributed by atoms with Gasteiger partial charge in [0.25, 0.3) is 0 Å². The molecule has 0 fully saturated rings. The molecule has 1 aliphatic heterocycles. The summed E-state index contributed by atoms with van der Waals surface area (Å²) in [6.45, 7) is 4.89. The first kappa shape index (κ1) is 15.1. The van der Waals surface area contributed by atoms with E-state index in [0.29, 0.717) is 19.6 Å². The third-order valence-electron chi connectivity index (χ3n) is 3.43. The number of hydrogen-bond acceptors (Lipinski definition) is 3. The Morgan fingerprint density at radius 1 is 1.40 bits per heavy atom. The van der Waals surface area contributed by atoms with Gasteiger partial charge in [0.15, 0.2) is 0 Å². The van der Waals surface area contributed by atoms with E-state index in [2.05, 4.69) is 5.32 Å². The second-order valence-electron chi connectivity index (χ2n) is 4.86. The van der Waals surface area contributed by atoms with E-state index in [-0.39, 0.29) is 6.42 Å². The predicted molar refractivity (Wildman–Crippen MR) is 70.1 cm³/mol. The van der Waals surface area contributed by atoms with Crippen molar-refractivity contribution in [2.75, 3.05) is 19.6 Å². The average Bonchev–Trinajstić information content (AvgIpc) is 2.83. The minimum atomic E-state index is -4.19. The lowest BCUT2D eigenvalue weighted by molar-refractivity contribution is -0.0961. The molecule has 0 spiro atoms. The zero-order valence-corrected chi connectivity index (χ0v) is 11.5. The van der Waals surface area contributed by atoms with E-state index in [1.165, 1.54) is 6.08 Å². The third-order valence-corrected chi connectivity index (χ3v) is 3.43. The van der Waals surface area contributed by atoms with Gasteiger partial charge in [0, 0.05) is 30.8 Å². The summed E-state index contributed by atoms with van der Waals surface area (Å²) in [5.41, 5.74) is 0.651. The van der Waals surface area contributed by atoms with Gasteiger partial charge in [0.2, 0.25) is 0 Å². The molecule has 0 aliphatic carbocycles. The van der Waals surface area contributed by atoms with Crippen molar-refractivity contribution >= 4 is 0 Å². The SMILES string of the molecule is CCNCc1ccoc1CN1CC=C(C(F)(F)F)CC1. The molecule has 1 aromatic rings. The van der Waals surface area contributed by atoms with Crippen LogP contribution < -0.4 is 5.32 Å². The summed E-state index contributed by atoms with van der Waals surface area (Å²) in [5.74, 6) is 0.829. The highest BCUT2D eigenvalue weighted by Gasteiger charge is 2.34. The molecule has 0 amide bonds. The molecule has 0 saturated heterocycles. The lowest BCUT2D eigenvalue weighted by Gasteiger charge is -2.26. The van der Waals surface area contributed by atoms with Crippen molar-refractivity contribution in [3.8, 4) is 0 Å². The molecule has 20 heavy (non-hydrogen) atoms. The van der Waals surface area contributed by atoms with Gasteiger partial charge in [-0.15, -0.1) is 0 Å². The fourth-order valence-electron chi connectivity index (χ4n) is 2.24. The first-order chi connectivity index (χ1) is 9.50. The predicted octanol–water partition coefficient (Wildman–Crippen LogP) is 3.08. The summed E-state index contributed by atoms with van der Waals surface area (Å²) in [6.07, 6.45) is -1.24. The van der Waals surface area contributed by atoms with Gasteiger partial charge in [0.05, 0.1) is 12.8 Å². The van der Waals surface area contributed by atoms with Gasteiger partial charge in [-0.25, -0.2) is 0 Å². The van der Waals surface area contributed by atoms with Crippen LogP contribution >= 0.6 is 0 Å². The highest BCUT2D eigenvalue weighted by molar-refractivity contribution is 5.18. The van der Waals surface area contributed by atoms with E-state index >= 15 is 0 Å². The minimum absolute atomic E-state index is 0.0484. The van der Waals surface area contributed by atoms with Crippen molar-refractivity contribution in [3.05, 3.63) is 35.3 Å². The zero-order chi connectivity index (χ0) is 14.6. The first-order valence-electron chi connectivity index (χ1n) is 6.75. The summed E-state index contributed by atoms with van der Waals surface area (Å²) in [5, 5.41) is 3.22. The summed E-state index contributed by atoms with van der Waals surface area (Å²) in [7, 11) is 0. The van der Waals surface area contributed by atoms with Crippen LogP contribution in [0.5, 0.6) is 0 Å². The Hall–Kier alpha value is -1.27. The molecule has 0 bridgehead atoms. The number of furan rings is 1. The van der Waals surface area contributed by atoms with Crippen molar-refractivity contribution in [3.63, 3.8) is 0 Å². The number of nitrogens with zero attached hydrogens (tertiary/aromatic N) is 1. The van der Waals surface area contributed by atoms with E-state index in [1.807, 2.05) is 17.9 Å². The summed E-state index contributed by atoms with van der Waals surface area (Å²) < 4.78 is 43.0. The topological polar surface area (TPSA) is 28.4 Å². The Labute approximate surface area is 116 Å². The van der Waals surface area contributed by atoms with Gasteiger partial charge in [0.1, 0.15) is 5.76 Å². The van der Waals surface area contributed by atoms with Crippen LogP contribution in [0.15, 0.2) is 28.4 Å². The quantitative estimate of drug-likeness (QED) is 0.844. The molecule has 0 unspecified atom stereocenters. The monoisotopic (exact) mass is 288 g/mol. The first-order valence-corrected chi connectivity index (χ1v) is 6.75. The van der Waals surface area contributed by atoms with Gasteiger partial charge in [-0.2, -0.15) is 13.2 Å². The van der Waals surface area contributed by atoms with Crippen LogP contribution in [-0.4, -0.2) is 30.7 Å². The van der Waals surface area contributed by atoms with E-state index in [9.17, 15) is 13.2 Å². The highest BCUT2D eigenvalue weighted by Crippen LogP contribution is 2.30. The maximum atomic E-state index is 12.5. The van der Waals surface area contributed by atoms with Crippen LogP contribution in [0.1, 0.15) is 24.7 Å². The van der Waals surface area contributed by atoms with Crippen molar-refractivity contribution in [2.24, 2.45) is 0 Å². The molecule has 0 radical (unpaired) electrons. The molecule has 6 heteroatoms. The number of halogens is 3. The molecule has 1 aromatic heterocycles. The van der Waals surface area contributed by atoms with E-state index in [4.69, 9.17) is 4.42 Å². The molecule has 3 nitrogen and oxygen atoms in total. The number of alkyl halides is 3. The summed E-state index contributed by atoms with van der Waals surface area (Å²) >= 11 is 0. The van der Waals surface area contributed by atoms with Crippen molar-refractivity contribution in [2.45, 2.75) is 32.6 Å². The highest BCUT2D eigenvalue weighted by atomic mass is 19.4. The number of hydrogen-bond donors (Lipinski definition) is 1. The molecule has 2 heterocycles. The van der Waals surface area contributed by atoms with Crippen LogP contribution in [0.2, 0.25) is 0 Å². The maximum absolute atomic E-state index is 12.5. The van der Waals surface area contributed by atoms with Gasteiger partial charge >= 0.3 is 6.18 Å². The Bertz CT molecular complexity index is 465. The fraction of sp³-hybridized carbons (Fsp3) is 0.571. The molecule has 1 N–H and O–H groups in total. The van der Waals surface area contributed by atoms with Crippen LogP contribution in [0.3, 0.4) is 0 Å². The molecule has 0 saturated carbocycles. The Kier molecular flexibility index (Phi) is 4.88. The molecule has 112 valence electrons. The van der Waals surface area contributed by atoms with Crippen LogP contribution in [0.25, 0.3) is 0 Å². The normalized spacial score (nSPS) is 17.3. The number of nitrogens with one attached hydrogen (secondary N) is 1. The Morgan fingerprint density at radius 2 is 2.20 bits per heavy atom. The Morgan fingerprint density at radius 3 is 2.80 bits per heavy atom. The number of rotatable bonds is 5. The van der Waals surface area contributed by atoms with E-state index < -0.39 is 11.7 Å². The summed E-state index contributed by atoms with van der Waals surface area (Å²) in [4.78, 5) is 1.96. The van der Waals surface area contributed by atoms with E-state index in [1.54, 1.807) is 6.26 Å². The standard InChI is InChI=1S/C14H19F3N2O/c1-2-18-9-11-5-8-20-13(11)10-19-6-3-12(4-7-19)14(15,16)17/h3,5,8,18H,2,4,6-7,9-10H2,1H3. The molecular weight excluding hydrogens is 269 g/mol. The second kappa shape index (κ2) is 6.45. The van der Waals surface area contributed by atoms with E-state index in [0.717, 1.165) is 24.4 Å². The largest absolute Gasteiger partial charge is 0.468 e. The maximum Gasteiger partial charge on any atom is 0.412 e. The zero-order valence-electron chi connectivity index (χ0n) is 11.5. The molecule has 0 aromatic carbocycles. The van der Waals surface area contributed by atoms with Gasteiger partial charge in [-0.3, -0.25) is 4.90 Å². The third kappa shape index (κ3) is 3.86. The van der Waals surface area contributed by atoms with Crippen molar-refractivity contribution in [1.29, 1.82) is 0 Å². The summed E-state index contributed by atoms with van der Waals surface area (Å²) in [6, 6.07) is 1.90. The van der Waals surface area contributed by atoms with Crippen LogP contribution in [0.4, 0.5) is 13.2 Å². The Balaban J connectivity index is 1.93. The lowest BCUT2D eigenvalue weighted by Crippen LogP contribution is -2.31. The average molecular weight is 288 g/mol. The molecule has 2 rings (SSSR count). The molecular formula is C14H19F3N2O. The van der Waals surface area contributed by atoms with Crippen LogP contribution in [-0.2, 0) is 13.1 Å². The second-order valence-corrected chi connectivity index (χ2v) is 4.86. The molecule has 0 atom stereocenters. The van der Waals surface area contributed by atoms with Crippen molar-refractivity contribution < 1.29 is 17.6 Å². The van der Waals surface area contributed by atoms with Gasteiger partial charge in [-0.05, 0) is 19.0 Å².